The van der Waals surface area contributed by atoms with Crippen LogP contribution in [0.2, 0.25) is 0 Å². The fourth-order valence-corrected chi connectivity index (χ4v) is 8.99. The van der Waals surface area contributed by atoms with E-state index in [0.717, 1.165) is 38.6 Å². The number of rotatable bonds is 5. The lowest BCUT2D eigenvalue weighted by Gasteiger charge is -2.27. The quantitative estimate of drug-likeness (QED) is 0.199. The first-order valence-electron chi connectivity index (χ1n) is 20.4. The highest BCUT2D eigenvalue weighted by Crippen LogP contribution is 2.37. The summed E-state index contributed by atoms with van der Waals surface area (Å²) >= 11 is 0. The molecule has 9 aromatic carbocycles. The summed E-state index contributed by atoms with van der Waals surface area (Å²) in [5.41, 5.74) is 8.01. The van der Waals surface area contributed by atoms with E-state index in [1.54, 1.807) is 0 Å². The number of aromatic nitrogens is 3. The van der Waals surface area contributed by atoms with Gasteiger partial charge in [-0.2, -0.15) is 0 Å². The monoisotopic (exact) mass is 791 g/mol. The van der Waals surface area contributed by atoms with Gasteiger partial charge in [0.1, 0.15) is 81.8 Å². The van der Waals surface area contributed by atoms with Gasteiger partial charge in [-0.15, -0.1) is 10.9 Å². The van der Waals surface area contributed by atoms with Crippen LogP contribution in [0, 0.1) is 0 Å². The maximum absolute atomic E-state index is 7.13. The molecular weight excluding hydrogens is 768 g/mol. The molecule has 64 heavy (non-hydrogen) atoms. The Kier molecular flexibility index (Phi) is 9.47. The summed E-state index contributed by atoms with van der Waals surface area (Å²) in [4.78, 5) is 15.3. The molecular formula is C51H22B9N3O. The molecule has 0 aliphatic rings. The minimum absolute atomic E-state index is 0.0619. The minimum Gasteiger partial charge on any atom is -0.456 e. The van der Waals surface area contributed by atoms with Crippen molar-refractivity contribution >= 4 is 174 Å². The van der Waals surface area contributed by atoms with Crippen LogP contribution in [0.5, 0.6) is 0 Å². The van der Waals surface area contributed by atoms with E-state index in [1.165, 1.54) is 10.8 Å². The van der Waals surface area contributed by atoms with Gasteiger partial charge in [-0.05, 0) is 78.8 Å². The molecule has 11 rings (SSSR count). The lowest BCUT2D eigenvalue weighted by atomic mass is 9.58. The van der Waals surface area contributed by atoms with E-state index < -0.39 is 0 Å². The largest absolute Gasteiger partial charge is 0.456 e. The highest BCUT2D eigenvalue weighted by molar-refractivity contribution is 6.74. The predicted molar refractivity (Wildman–Crippen MR) is 275 cm³/mol. The van der Waals surface area contributed by atoms with Gasteiger partial charge < -0.3 is 4.42 Å². The van der Waals surface area contributed by atoms with Crippen LogP contribution in [0.1, 0.15) is 0 Å². The third-order valence-electron chi connectivity index (χ3n) is 12.3. The van der Waals surface area contributed by atoms with Crippen LogP contribution in [0.15, 0.2) is 138 Å². The van der Waals surface area contributed by atoms with Gasteiger partial charge >= 0.3 is 0 Å². The summed E-state index contributed by atoms with van der Waals surface area (Å²) in [6.07, 6.45) is 0. The summed E-state index contributed by atoms with van der Waals surface area (Å²) in [5, 5.41) is 5.32. The van der Waals surface area contributed by atoms with Crippen LogP contribution in [-0.2, 0) is 0 Å². The fraction of sp³-hybridized carbons (Fsp3) is 0. The zero-order chi connectivity index (χ0) is 44.1. The van der Waals surface area contributed by atoms with Gasteiger partial charge in [0.2, 0.25) is 0 Å². The Balaban J connectivity index is 1.12. The Morgan fingerprint density at radius 3 is 1.56 bits per heavy atom. The first-order valence-corrected chi connectivity index (χ1v) is 20.4. The number of furan rings is 1. The number of para-hydroxylation sites is 1. The Hall–Kier alpha value is -6.85. The van der Waals surface area contributed by atoms with Crippen LogP contribution in [0.3, 0.4) is 0 Å². The number of nitrogens with zero attached hydrogens (tertiary/aromatic N) is 3. The molecule has 0 atom stereocenters. The van der Waals surface area contributed by atoms with Crippen molar-refractivity contribution in [3.05, 3.63) is 133 Å². The maximum Gasteiger partial charge on any atom is 0.164 e. The van der Waals surface area contributed by atoms with Gasteiger partial charge in [-0.25, -0.2) is 15.0 Å². The molecule has 13 heteroatoms. The normalized spacial score (nSPS) is 11.7. The molecule has 0 N–H and O–H groups in total. The Labute approximate surface area is 381 Å². The van der Waals surface area contributed by atoms with Gasteiger partial charge in [0.15, 0.2) is 17.5 Å². The standard InChI is InChI=1S/C51H22B9N3O/c52-40-37-35(36-38(44(56)43(37)55)45(57)48(60)47(59)42(36)54)41(53)46(58)39(40)51-62-49(61-50(63-51)31-12-6-14-33-34(31)30-11-3-4-13-32(30)64-33)29-10-5-9-27(22-29)24-15-17-25(18-16-24)28-20-19-23-7-1-2-8-26(23)21-28/h1-22H. The fourth-order valence-electron chi connectivity index (χ4n) is 8.99. The van der Waals surface area contributed by atoms with Gasteiger partial charge in [0.05, 0.1) is 0 Å². The predicted octanol–water partition coefficient (Wildman–Crippen LogP) is 2.71. The second-order valence-electron chi connectivity index (χ2n) is 15.9. The van der Waals surface area contributed by atoms with Gasteiger partial charge in [-0.1, -0.05) is 147 Å². The molecule has 0 aliphatic carbocycles. The van der Waals surface area contributed by atoms with Crippen molar-refractivity contribution in [3.8, 4) is 56.4 Å². The molecule has 0 bridgehead atoms. The van der Waals surface area contributed by atoms with Gasteiger partial charge in [-0.3, -0.25) is 0 Å². The van der Waals surface area contributed by atoms with E-state index in [4.69, 9.17) is 90.0 Å². The van der Waals surface area contributed by atoms with E-state index >= 15 is 0 Å². The average Bonchev–Trinajstić information content (AvgIpc) is 3.71. The molecule has 18 radical (unpaired) electrons. The highest BCUT2D eigenvalue weighted by atomic mass is 16.3. The number of hydrogen-bond acceptors (Lipinski definition) is 4. The molecule has 2 heterocycles. The van der Waals surface area contributed by atoms with E-state index in [9.17, 15) is 0 Å². The van der Waals surface area contributed by atoms with Crippen molar-refractivity contribution in [2.24, 2.45) is 0 Å². The summed E-state index contributed by atoms with van der Waals surface area (Å²) < 4.78 is 6.27. The molecule has 4 nitrogen and oxygen atoms in total. The summed E-state index contributed by atoms with van der Waals surface area (Å²) in [6.45, 7) is 0. The average molecular weight is 790 g/mol. The van der Waals surface area contributed by atoms with Crippen molar-refractivity contribution in [2.75, 3.05) is 0 Å². The minimum atomic E-state index is 0.0619. The number of hydrogen-bond donors (Lipinski definition) is 0. The maximum atomic E-state index is 7.13. The van der Waals surface area contributed by atoms with E-state index in [-0.39, 0.29) is 65.9 Å². The van der Waals surface area contributed by atoms with Crippen LogP contribution in [0.25, 0.3) is 111 Å². The third kappa shape index (κ3) is 6.15. The van der Waals surface area contributed by atoms with Crippen LogP contribution in [-0.4, -0.2) is 85.6 Å². The van der Waals surface area contributed by atoms with Crippen molar-refractivity contribution in [1.82, 2.24) is 15.0 Å². The Bertz CT molecular complexity index is 3800. The van der Waals surface area contributed by atoms with E-state index in [0.29, 0.717) is 44.5 Å². The zero-order valence-electron chi connectivity index (χ0n) is 34.1. The molecule has 274 valence electrons. The third-order valence-corrected chi connectivity index (χ3v) is 12.3. The molecule has 0 unspecified atom stereocenters. The molecule has 0 amide bonds. The topological polar surface area (TPSA) is 51.8 Å². The first kappa shape index (κ1) is 40.0. The van der Waals surface area contributed by atoms with Gasteiger partial charge in [0, 0.05) is 27.5 Å². The van der Waals surface area contributed by atoms with Crippen molar-refractivity contribution in [1.29, 1.82) is 0 Å². The van der Waals surface area contributed by atoms with Crippen molar-refractivity contribution < 1.29 is 4.42 Å². The Morgan fingerprint density at radius 1 is 0.312 bits per heavy atom. The summed E-state index contributed by atoms with van der Waals surface area (Å²) in [6, 6.07) is 44.9. The smallest absolute Gasteiger partial charge is 0.164 e. The molecule has 11 aromatic rings. The first-order chi connectivity index (χ1) is 31.0. The molecule has 0 saturated carbocycles. The summed E-state index contributed by atoms with van der Waals surface area (Å²) in [5.74, 6) is 0.829. The highest BCUT2D eigenvalue weighted by Gasteiger charge is 2.24. The van der Waals surface area contributed by atoms with Crippen LogP contribution < -0.4 is 49.2 Å². The summed E-state index contributed by atoms with van der Waals surface area (Å²) in [7, 11) is 60.3. The Morgan fingerprint density at radius 2 is 0.828 bits per heavy atom. The van der Waals surface area contributed by atoms with Crippen molar-refractivity contribution in [3.63, 3.8) is 0 Å². The molecule has 0 aliphatic heterocycles. The van der Waals surface area contributed by atoms with E-state index in [1.807, 2.05) is 72.8 Å². The molecule has 0 fully saturated rings. The molecule has 0 spiro atoms. The van der Waals surface area contributed by atoms with Crippen molar-refractivity contribution in [2.45, 2.75) is 0 Å². The molecule has 0 saturated heterocycles. The second-order valence-corrected chi connectivity index (χ2v) is 15.9. The zero-order valence-corrected chi connectivity index (χ0v) is 34.1. The lowest BCUT2D eigenvalue weighted by molar-refractivity contribution is 0.669. The van der Waals surface area contributed by atoms with Gasteiger partial charge in [0.25, 0.3) is 0 Å². The van der Waals surface area contributed by atoms with Crippen LogP contribution in [0.4, 0.5) is 0 Å². The van der Waals surface area contributed by atoms with Crippen LogP contribution >= 0.6 is 0 Å². The molecule has 2 aromatic heterocycles. The lowest BCUT2D eigenvalue weighted by Crippen LogP contribution is -2.51. The number of fused-ring (bicyclic) bond motifs is 7. The SMILES string of the molecule is [B]c1c([B])c([B])c2c(c1[B])c([B])c([B])c1c([B])c(-c3nc(-c4cccc(-c5ccc(-c6ccc7ccccc7c6)cc5)c4)nc(-c4cccc5oc6ccccc6c45)n3)c([B])c([B])c12. The number of benzene rings is 9. The van der Waals surface area contributed by atoms with E-state index in [2.05, 4.69) is 60.7 Å². The second kappa shape index (κ2) is 15.2.